The lowest BCUT2D eigenvalue weighted by Crippen LogP contribution is -2.09. The third-order valence-electron chi connectivity index (χ3n) is 4.56. The SMILES string of the molecule is O=C1c2ccccc2-c2onc3c(C#Cc4ccc(Br)cc4)cc(O)c1c23. The molecule has 4 nitrogen and oxygen atoms in total. The molecule has 0 fully saturated rings. The van der Waals surface area contributed by atoms with Crippen LogP contribution in [0.1, 0.15) is 27.0 Å². The van der Waals surface area contributed by atoms with Gasteiger partial charge in [-0.15, -0.1) is 0 Å². The number of halogens is 1. The molecule has 0 bridgehead atoms. The Balaban J connectivity index is 1.75. The van der Waals surface area contributed by atoms with Gasteiger partial charge >= 0.3 is 0 Å². The number of carbonyl (C=O) groups excluding carboxylic acids is 1. The Bertz CT molecular complexity index is 1310. The predicted molar refractivity (Wildman–Crippen MR) is 105 cm³/mol. The number of hydrogen-bond donors (Lipinski definition) is 1. The van der Waals surface area contributed by atoms with Crippen LogP contribution in [0.25, 0.3) is 22.2 Å². The first-order valence-electron chi connectivity index (χ1n) is 8.20. The first kappa shape index (κ1) is 15.9. The number of carbonyl (C=O) groups is 1. The highest BCUT2D eigenvalue weighted by Gasteiger charge is 2.32. The maximum absolute atomic E-state index is 12.9. The van der Waals surface area contributed by atoms with Crippen LogP contribution in [-0.4, -0.2) is 16.0 Å². The number of benzene rings is 3. The zero-order chi connectivity index (χ0) is 18.5. The van der Waals surface area contributed by atoms with Crippen molar-refractivity contribution in [3.63, 3.8) is 0 Å². The van der Waals surface area contributed by atoms with E-state index in [1.165, 1.54) is 6.07 Å². The molecule has 0 saturated carbocycles. The van der Waals surface area contributed by atoms with E-state index in [2.05, 4.69) is 32.9 Å². The van der Waals surface area contributed by atoms with Crippen molar-refractivity contribution in [1.82, 2.24) is 5.16 Å². The molecule has 0 amide bonds. The summed E-state index contributed by atoms with van der Waals surface area (Å²) in [4.78, 5) is 12.9. The molecule has 1 aliphatic carbocycles. The fourth-order valence-corrected chi connectivity index (χ4v) is 3.57. The molecule has 0 atom stereocenters. The summed E-state index contributed by atoms with van der Waals surface area (Å²) in [5.41, 5.74) is 3.20. The maximum atomic E-state index is 12.9. The minimum Gasteiger partial charge on any atom is -0.507 e. The molecule has 0 aliphatic heterocycles. The Morgan fingerprint density at radius 3 is 2.52 bits per heavy atom. The van der Waals surface area contributed by atoms with E-state index in [9.17, 15) is 9.90 Å². The number of aromatic nitrogens is 1. The van der Waals surface area contributed by atoms with Crippen LogP contribution in [0.5, 0.6) is 5.75 Å². The van der Waals surface area contributed by atoms with Gasteiger partial charge < -0.3 is 9.63 Å². The summed E-state index contributed by atoms with van der Waals surface area (Å²) in [7, 11) is 0. The van der Waals surface area contributed by atoms with Gasteiger partial charge in [0.25, 0.3) is 0 Å². The molecule has 3 aromatic carbocycles. The van der Waals surface area contributed by atoms with Crippen LogP contribution >= 0.6 is 15.9 Å². The number of rotatable bonds is 0. The van der Waals surface area contributed by atoms with Crippen molar-refractivity contribution in [3.8, 4) is 28.9 Å². The van der Waals surface area contributed by atoms with Gasteiger partial charge in [0.15, 0.2) is 11.5 Å². The molecule has 5 heteroatoms. The van der Waals surface area contributed by atoms with E-state index in [4.69, 9.17) is 4.52 Å². The lowest BCUT2D eigenvalue weighted by molar-refractivity contribution is 0.103. The average Bonchev–Trinajstić information content (AvgIpc) is 3.12. The lowest BCUT2D eigenvalue weighted by atomic mass is 9.86. The van der Waals surface area contributed by atoms with Gasteiger partial charge in [-0.3, -0.25) is 4.79 Å². The van der Waals surface area contributed by atoms with Gasteiger partial charge in [0.2, 0.25) is 0 Å². The first-order valence-corrected chi connectivity index (χ1v) is 9.00. The topological polar surface area (TPSA) is 63.3 Å². The molecule has 0 spiro atoms. The number of hydrogen-bond acceptors (Lipinski definition) is 4. The highest BCUT2D eigenvalue weighted by molar-refractivity contribution is 9.10. The second-order valence-electron chi connectivity index (χ2n) is 6.19. The number of nitrogens with zero attached hydrogens (tertiary/aromatic N) is 1. The molecule has 0 saturated heterocycles. The smallest absolute Gasteiger partial charge is 0.198 e. The molecule has 1 N–H and O–H groups in total. The molecule has 1 heterocycles. The summed E-state index contributed by atoms with van der Waals surface area (Å²) < 4.78 is 6.52. The normalized spacial score (nSPS) is 11.8. The van der Waals surface area contributed by atoms with Crippen molar-refractivity contribution in [2.75, 3.05) is 0 Å². The molecule has 27 heavy (non-hydrogen) atoms. The largest absolute Gasteiger partial charge is 0.507 e. The molecular formula is C22H10BrNO3. The van der Waals surface area contributed by atoms with Gasteiger partial charge in [0.05, 0.1) is 16.5 Å². The summed E-state index contributed by atoms with van der Waals surface area (Å²) in [6.07, 6.45) is 0. The van der Waals surface area contributed by atoms with Crippen molar-refractivity contribution in [2.24, 2.45) is 0 Å². The molecule has 4 aromatic rings. The number of phenols is 1. The Morgan fingerprint density at radius 1 is 1.00 bits per heavy atom. The zero-order valence-corrected chi connectivity index (χ0v) is 15.4. The quantitative estimate of drug-likeness (QED) is 0.365. The molecule has 1 aromatic heterocycles. The summed E-state index contributed by atoms with van der Waals surface area (Å²) in [6.45, 7) is 0. The van der Waals surface area contributed by atoms with Crippen LogP contribution in [0.3, 0.4) is 0 Å². The van der Waals surface area contributed by atoms with Crippen LogP contribution in [0.4, 0.5) is 0 Å². The van der Waals surface area contributed by atoms with E-state index in [1.54, 1.807) is 12.1 Å². The fraction of sp³-hybridized carbons (Fsp3) is 0. The third kappa shape index (κ3) is 2.38. The van der Waals surface area contributed by atoms with Crippen molar-refractivity contribution in [1.29, 1.82) is 0 Å². The minimum absolute atomic E-state index is 0.119. The van der Waals surface area contributed by atoms with Crippen molar-refractivity contribution in [3.05, 3.63) is 81.3 Å². The van der Waals surface area contributed by atoms with E-state index in [0.29, 0.717) is 33.4 Å². The van der Waals surface area contributed by atoms with Gasteiger partial charge in [-0.05, 0) is 30.3 Å². The van der Waals surface area contributed by atoms with Gasteiger partial charge in [-0.25, -0.2) is 0 Å². The molecule has 0 radical (unpaired) electrons. The monoisotopic (exact) mass is 415 g/mol. The Labute approximate surface area is 162 Å². The highest BCUT2D eigenvalue weighted by Crippen LogP contribution is 2.43. The number of phenolic OH excluding ortho intramolecular Hbond substituents is 1. The van der Waals surface area contributed by atoms with E-state index in [-0.39, 0.29) is 17.1 Å². The second-order valence-corrected chi connectivity index (χ2v) is 7.10. The zero-order valence-electron chi connectivity index (χ0n) is 13.8. The molecule has 5 rings (SSSR count). The van der Waals surface area contributed by atoms with E-state index < -0.39 is 0 Å². The highest BCUT2D eigenvalue weighted by atomic mass is 79.9. The van der Waals surface area contributed by atoms with E-state index in [1.807, 2.05) is 36.4 Å². The fourth-order valence-electron chi connectivity index (χ4n) is 3.31. The van der Waals surface area contributed by atoms with E-state index in [0.717, 1.165) is 10.0 Å². The van der Waals surface area contributed by atoms with Crippen LogP contribution in [0, 0.1) is 11.8 Å². The van der Waals surface area contributed by atoms with Crippen LogP contribution < -0.4 is 0 Å². The van der Waals surface area contributed by atoms with Crippen molar-refractivity contribution < 1.29 is 14.4 Å². The number of ketones is 1. The molecule has 128 valence electrons. The average molecular weight is 416 g/mol. The van der Waals surface area contributed by atoms with Gasteiger partial charge in [-0.2, -0.15) is 0 Å². The Morgan fingerprint density at radius 2 is 1.74 bits per heavy atom. The summed E-state index contributed by atoms with van der Waals surface area (Å²) in [5.74, 6) is 6.21. The standard InChI is InChI=1S/C22H10BrNO3/c23-14-9-6-12(7-10-14)5-8-13-11-17(25)18-19-20(13)24-27-22(19)16-4-2-1-3-15(16)21(18)26/h1-4,6-7,9-11,25H. The minimum atomic E-state index is -0.240. The van der Waals surface area contributed by atoms with Crippen molar-refractivity contribution in [2.45, 2.75) is 0 Å². The summed E-state index contributed by atoms with van der Waals surface area (Å²) in [5, 5.41) is 15.2. The Hall–Kier alpha value is -3.36. The molecular weight excluding hydrogens is 406 g/mol. The van der Waals surface area contributed by atoms with Crippen LogP contribution in [0.15, 0.2) is 63.6 Å². The van der Waals surface area contributed by atoms with Crippen LogP contribution in [-0.2, 0) is 0 Å². The van der Waals surface area contributed by atoms with Gasteiger partial charge in [-0.1, -0.05) is 57.2 Å². The number of fused-ring (bicyclic) bond motifs is 2. The van der Waals surface area contributed by atoms with Crippen LogP contribution in [0.2, 0.25) is 0 Å². The first-order chi connectivity index (χ1) is 13.1. The van der Waals surface area contributed by atoms with E-state index >= 15 is 0 Å². The maximum Gasteiger partial charge on any atom is 0.198 e. The summed E-state index contributed by atoms with van der Waals surface area (Å²) >= 11 is 3.39. The molecule has 0 unspecified atom stereocenters. The van der Waals surface area contributed by atoms with Crippen molar-refractivity contribution >= 4 is 32.6 Å². The predicted octanol–water partition coefficient (Wildman–Crippen LogP) is 4.91. The third-order valence-corrected chi connectivity index (χ3v) is 5.09. The second kappa shape index (κ2) is 5.83. The molecule has 1 aliphatic rings. The lowest BCUT2D eigenvalue weighted by Gasteiger charge is -2.14. The summed E-state index contributed by atoms with van der Waals surface area (Å²) in [6, 6.07) is 16.2. The Kier molecular flexibility index (Phi) is 3.43. The number of aromatic hydroxyl groups is 1. The van der Waals surface area contributed by atoms with Gasteiger partial charge in [0.1, 0.15) is 11.3 Å². The van der Waals surface area contributed by atoms with Gasteiger partial charge in [0, 0.05) is 21.2 Å².